The number of anilines is 1. The Balaban J connectivity index is 1.45. The number of halogens is 1. The zero-order valence-corrected chi connectivity index (χ0v) is 16.5. The van der Waals surface area contributed by atoms with Crippen molar-refractivity contribution in [2.24, 2.45) is 0 Å². The van der Waals surface area contributed by atoms with Crippen LogP contribution in [0.25, 0.3) is 11.3 Å². The van der Waals surface area contributed by atoms with E-state index in [-0.39, 0.29) is 24.0 Å². The van der Waals surface area contributed by atoms with Gasteiger partial charge in [-0.25, -0.2) is 4.39 Å². The second-order valence-corrected chi connectivity index (χ2v) is 7.10. The van der Waals surface area contributed by atoms with Gasteiger partial charge in [-0.1, -0.05) is 6.07 Å². The Hall–Kier alpha value is -3.45. The van der Waals surface area contributed by atoms with Gasteiger partial charge in [-0.2, -0.15) is 0 Å². The van der Waals surface area contributed by atoms with Gasteiger partial charge in [0.05, 0.1) is 0 Å². The van der Waals surface area contributed by atoms with Crippen molar-refractivity contribution in [3.8, 4) is 11.3 Å². The molecule has 2 amide bonds. The van der Waals surface area contributed by atoms with Crippen molar-refractivity contribution in [2.75, 3.05) is 25.6 Å². The number of hydrogen-bond acceptors (Lipinski definition) is 4. The van der Waals surface area contributed by atoms with Crippen LogP contribution in [0.5, 0.6) is 0 Å². The molecule has 3 aromatic rings. The minimum absolute atomic E-state index is 0.0377. The fourth-order valence-electron chi connectivity index (χ4n) is 3.45. The number of carbonyl (C=O) groups excluding carboxylic acids is 2. The summed E-state index contributed by atoms with van der Waals surface area (Å²) in [5.41, 5.74) is 2.71. The second-order valence-electron chi connectivity index (χ2n) is 7.10. The van der Waals surface area contributed by atoms with Crippen LogP contribution in [0.1, 0.15) is 21.7 Å². The maximum Gasteiger partial charge on any atom is 0.255 e. The maximum atomic E-state index is 13.3. The lowest BCUT2D eigenvalue weighted by Crippen LogP contribution is -2.37. The quantitative estimate of drug-likeness (QED) is 0.696. The van der Waals surface area contributed by atoms with Gasteiger partial charge in [0.25, 0.3) is 5.91 Å². The molecule has 0 saturated heterocycles. The van der Waals surface area contributed by atoms with Crippen LogP contribution in [0.4, 0.5) is 10.1 Å². The third-order valence-corrected chi connectivity index (χ3v) is 5.00. The molecule has 4 rings (SSSR count). The van der Waals surface area contributed by atoms with Crippen LogP contribution in [-0.4, -0.2) is 37.0 Å². The summed E-state index contributed by atoms with van der Waals surface area (Å²) >= 11 is 0. The minimum Gasteiger partial charge on any atom is -0.461 e. The van der Waals surface area contributed by atoms with Crippen molar-refractivity contribution < 1.29 is 23.1 Å². The summed E-state index contributed by atoms with van der Waals surface area (Å²) in [7, 11) is 1.51. The molecule has 0 unspecified atom stereocenters. The molecule has 1 N–H and O–H groups in total. The number of methoxy groups -OCH3 is 1. The van der Waals surface area contributed by atoms with E-state index in [2.05, 4.69) is 5.32 Å². The Kier molecular flexibility index (Phi) is 5.63. The second kappa shape index (κ2) is 8.51. The molecule has 2 aromatic carbocycles. The molecule has 0 bridgehead atoms. The summed E-state index contributed by atoms with van der Waals surface area (Å²) in [5, 5.41) is 2.75. The Morgan fingerprint density at radius 2 is 1.97 bits per heavy atom. The van der Waals surface area contributed by atoms with Crippen molar-refractivity contribution >= 4 is 17.5 Å². The Morgan fingerprint density at radius 3 is 2.70 bits per heavy atom. The summed E-state index contributed by atoms with van der Waals surface area (Å²) in [6.07, 6.45) is 0.659. The van der Waals surface area contributed by atoms with E-state index in [0.717, 1.165) is 16.9 Å². The lowest BCUT2D eigenvalue weighted by molar-refractivity contribution is -0.136. The molecule has 2 heterocycles. The number of nitrogens with one attached hydrogen (secondary N) is 1. The van der Waals surface area contributed by atoms with Gasteiger partial charge in [0.1, 0.15) is 23.9 Å². The normalized spacial score (nSPS) is 13.1. The molecule has 30 heavy (non-hydrogen) atoms. The average molecular weight is 408 g/mol. The Bertz CT molecular complexity index is 1080. The van der Waals surface area contributed by atoms with E-state index in [1.165, 1.54) is 25.3 Å². The topological polar surface area (TPSA) is 71.8 Å². The van der Waals surface area contributed by atoms with Crippen LogP contribution in [0.3, 0.4) is 0 Å². The first-order valence-corrected chi connectivity index (χ1v) is 9.59. The van der Waals surface area contributed by atoms with Gasteiger partial charge >= 0.3 is 0 Å². The molecule has 154 valence electrons. The highest BCUT2D eigenvalue weighted by Gasteiger charge is 2.24. The lowest BCUT2D eigenvalue weighted by Gasteiger charge is -2.25. The molecule has 0 saturated carbocycles. The van der Waals surface area contributed by atoms with Crippen LogP contribution in [0, 0.1) is 5.82 Å². The molecular formula is C23H21FN2O4. The van der Waals surface area contributed by atoms with Crippen LogP contribution in [-0.2, 0) is 22.5 Å². The van der Waals surface area contributed by atoms with E-state index in [1.54, 1.807) is 23.1 Å². The zero-order valence-electron chi connectivity index (χ0n) is 16.5. The molecule has 1 aliphatic heterocycles. The molecule has 1 aliphatic rings. The van der Waals surface area contributed by atoms with E-state index in [0.29, 0.717) is 31.0 Å². The zero-order chi connectivity index (χ0) is 21.1. The molecular weight excluding hydrogens is 387 g/mol. The van der Waals surface area contributed by atoms with Crippen molar-refractivity contribution in [1.82, 2.24) is 4.90 Å². The smallest absolute Gasteiger partial charge is 0.255 e. The molecule has 0 aliphatic carbocycles. The number of carbonyl (C=O) groups is 2. The molecule has 0 spiro atoms. The largest absolute Gasteiger partial charge is 0.461 e. The summed E-state index contributed by atoms with van der Waals surface area (Å²) in [4.78, 5) is 26.1. The monoisotopic (exact) mass is 408 g/mol. The molecule has 0 atom stereocenters. The van der Waals surface area contributed by atoms with Gasteiger partial charge in [-0.3, -0.25) is 9.59 Å². The summed E-state index contributed by atoms with van der Waals surface area (Å²) in [6.45, 7) is 1.18. The third-order valence-electron chi connectivity index (χ3n) is 5.00. The fourth-order valence-corrected chi connectivity index (χ4v) is 3.45. The summed E-state index contributed by atoms with van der Waals surface area (Å²) in [5.74, 6) is 0.724. The molecule has 6 nitrogen and oxygen atoms in total. The lowest BCUT2D eigenvalue weighted by atomic mass is 10.1. The van der Waals surface area contributed by atoms with Gasteiger partial charge in [0.2, 0.25) is 5.91 Å². The van der Waals surface area contributed by atoms with Crippen LogP contribution < -0.4 is 5.32 Å². The number of furan rings is 1. The molecule has 7 heteroatoms. The molecule has 0 fully saturated rings. The highest BCUT2D eigenvalue weighted by Crippen LogP contribution is 2.30. The molecule has 1 aromatic heterocycles. The van der Waals surface area contributed by atoms with Gasteiger partial charge in [-0.15, -0.1) is 0 Å². The van der Waals surface area contributed by atoms with Gasteiger partial charge in [-0.05, 0) is 48.5 Å². The standard InChI is InChI=1S/C23H21FN2O4/c1-29-14-22(27)26-10-9-20-17(13-26)12-21(30-20)15-5-7-19(8-6-15)25-23(28)16-3-2-4-18(24)11-16/h2-8,11-12H,9-10,13-14H2,1H3,(H,25,28). The number of ether oxygens (including phenoxy) is 1. The predicted molar refractivity (Wildman–Crippen MR) is 109 cm³/mol. The van der Waals surface area contributed by atoms with Gasteiger partial charge in [0, 0.05) is 49.0 Å². The van der Waals surface area contributed by atoms with E-state index < -0.39 is 5.82 Å². The van der Waals surface area contributed by atoms with Crippen molar-refractivity contribution in [2.45, 2.75) is 13.0 Å². The number of hydrogen-bond donors (Lipinski definition) is 1. The van der Waals surface area contributed by atoms with Gasteiger partial charge in [0.15, 0.2) is 0 Å². The summed E-state index contributed by atoms with van der Waals surface area (Å²) in [6, 6.07) is 14.7. The van der Waals surface area contributed by atoms with Crippen LogP contribution in [0.15, 0.2) is 59.0 Å². The van der Waals surface area contributed by atoms with Crippen molar-refractivity contribution in [3.05, 3.63) is 77.3 Å². The average Bonchev–Trinajstić information content (AvgIpc) is 3.18. The van der Waals surface area contributed by atoms with Crippen molar-refractivity contribution in [1.29, 1.82) is 0 Å². The number of benzene rings is 2. The number of amides is 2. The van der Waals surface area contributed by atoms with E-state index in [4.69, 9.17) is 9.15 Å². The third kappa shape index (κ3) is 4.26. The highest BCUT2D eigenvalue weighted by molar-refractivity contribution is 6.04. The first kappa shape index (κ1) is 19.8. The fraction of sp³-hybridized carbons (Fsp3) is 0.217. The SMILES string of the molecule is COCC(=O)N1CCc2oc(-c3ccc(NC(=O)c4cccc(F)c4)cc3)cc2C1. The predicted octanol–water partition coefficient (Wildman–Crippen LogP) is 3.87. The van der Waals surface area contributed by atoms with E-state index in [9.17, 15) is 14.0 Å². The van der Waals surface area contributed by atoms with Crippen LogP contribution in [0.2, 0.25) is 0 Å². The van der Waals surface area contributed by atoms with E-state index in [1.807, 2.05) is 18.2 Å². The Labute approximate surface area is 173 Å². The number of nitrogens with zero attached hydrogens (tertiary/aromatic N) is 1. The van der Waals surface area contributed by atoms with Crippen molar-refractivity contribution in [3.63, 3.8) is 0 Å². The summed E-state index contributed by atoms with van der Waals surface area (Å²) < 4.78 is 24.2. The first-order chi connectivity index (χ1) is 14.5. The highest BCUT2D eigenvalue weighted by atomic mass is 19.1. The van der Waals surface area contributed by atoms with E-state index >= 15 is 0 Å². The number of fused-ring (bicyclic) bond motifs is 1. The minimum atomic E-state index is -0.456. The van der Waals surface area contributed by atoms with Gasteiger partial charge < -0.3 is 19.4 Å². The maximum absolute atomic E-state index is 13.3. The number of rotatable bonds is 5. The van der Waals surface area contributed by atoms with Crippen LogP contribution >= 0.6 is 0 Å². The first-order valence-electron chi connectivity index (χ1n) is 9.59. The molecule has 0 radical (unpaired) electrons. The Morgan fingerprint density at radius 1 is 1.17 bits per heavy atom.